The zero-order chi connectivity index (χ0) is 11.4. The zero-order valence-corrected chi connectivity index (χ0v) is 11.0. The highest BCUT2D eigenvalue weighted by atomic mass is 32.1. The van der Waals surface area contributed by atoms with Crippen molar-refractivity contribution in [1.29, 1.82) is 0 Å². The van der Waals surface area contributed by atoms with Gasteiger partial charge in [-0.25, -0.2) is 0 Å². The summed E-state index contributed by atoms with van der Waals surface area (Å²) in [5, 5.41) is 5.82. The summed E-state index contributed by atoms with van der Waals surface area (Å²) in [6.45, 7) is 7.27. The first kappa shape index (κ1) is 12.1. The van der Waals surface area contributed by atoms with Crippen LogP contribution in [0.25, 0.3) is 0 Å². The Bertz CT molecular complexity index is 317. The van der Waals surface area contributed by atoms with Gasteiger partial charge in [-0.1, -0.05) is 6.92 Å². The van der Waals surface area contributed by atoms with E-state index in [0.29, 0.717) is 12.0 Å². The number of rotatable bonds is 4. The summed E-state index contributed by atoms with van der Waals surface area (Å²) in [6.07, 6.45) is 2.49. The first-order chi connectivity index (χ1) is 7.83. The van der Waals surface area contributed by atoms with Gasteiger partial charge in [-0.2, -0.15) is 0 Å². The topological polar surface area (TPSA) is 21.3 Å². The van der Waals surface area contributed by atoms with Crippen molar-refractivity contribution in [3.05, 3.63) is 21.9 Å². The molecule has 1 fully saturated rings. The Balaban J connectivity index is 2.12. The lowest BCUT2D eigenvalue weighted by Gasteiger charge is -2.30. The van der Waals surface area contributed by atoms with Gasteiger partial charge in [0.05, 0.1) is 6.61 Å². The largest absolute Gasteiger partial charge is 0.381 e. The summed E-state index contributed by atoms with van der Waals surface area (Å²) in [5.74, 6) is 0.644. The number of hydrogen-bond acceptors (Lipinski definition) is 3. The van der Waals surface area contributed by atoms with Crippen LogP contribution >= 0.6 is 11.3 Å². The molecular formula is C13H21NOS. The second kappa shape index (κ2) is 5.80. The molecule has 1 N–H and O–H groups in total. The molecule has 0 bridgehead atoms. The third-order valence-electron chi connectivity index (χ3n) is 3.28. The molecular weight excluding hydrogens is 218 g/mol. The third-order valence-corrected chi connectivity index (χ3v) is 4.38. The molecule has 0 aromatic carbocycles. The Kier molecular flexibility index (Phi) is 4.38. The molecule has 0 aliphatic carbocycles. The Morgan fingerprint density at radius 1 is 1.62 bits per heavy atom. The molecule has 0 saturated carbocycles. The highest BCUT2D eigenvalue weighted by Gasteiger charge is 2.26. The molecule has 16 heavy (non-hydrogen) atoms. The molecule has 1 aliphatic rings. The summed E-state index contributed by atoms with van der Waals surface area (Å²) in [7, 11) is 0. The van der Waals surface area contributed by atoms with Crippen molar-refractivity contribution in [2.45, 2.75) is 32.7 Å². The minimum absolute atomic E-state index is 0.491. The van der Waals surface area contributed by atoms with Gasteiger partial charge in [0, 0.05) is 23.4 Å². The number of thiophene rings is 1. The molecule has 0 radical (unpaired) electrons. The summed E-state index contributed by atoms with van der Waals surface area (Å²) in [5.41, 5.74) is 1.42. The Morgan fingerprint density at radius 2 is 2.50 bits per heavy atom. The summed E-state index contributed by atoms with van der Waals surface area (Å²) < 4.78 is 5.61. The van der Waals surface area contributed by atoms with Crippen LogP contribution in [-0.2, 0) is 4.74 Å². The molecule has 0 amide bonds. The SMILES string of the molecule is CCNC(c1sccc1C)C1CCCOC1. The van der Waals surface area contributed by atoms with E-state index in [0.717, 1.165) is 19.8 Å². The van der Waals surface area contributed by atoms with Gasteiger partial charge in [-0.3, -0.25) is 0 Å². The lowest BCUT2D eigenvalue weighted by atomic mass is 9.91. The quantitative estimate of drug-likeness (QED) is 0.871. The van der Waals surface area contributed by atoms with Crippen molar-refractivity contribution in [3.63, 3.8) is 0 Å². The van der Waals surface area contributed by atoms with Crippen LogP contribution in [0.5, 0.6) is 0 Å². The van der Waals surface area contributed by atoms with Crippen LogP contribution < -0.4 is 5.32 Å². The van der Waals surface area contributed by atoms with Crippen molar-refractivity contribution in [2.24, 2.45) is 5.92 Å². The van der Waals surface area contributed by atoms with E-state index >= 15 is 0 Å². The molecule has 1 aromatic heterocycles. The molecule has 2 heterocycles. The molecule has 2 rings (SSSR count). The Hall–Kier alpha value is -0.380. The third kappa shape index (κ3) is 2.65. The maximum atomic E-state index is 5.61. The molecule has 90 valence electrons. The van der Waals surface area contributed by atoms with Gasteiger partial charge in [0.1, 0.15) is 0 Å². The zero-order valence-electron chi connectivity index (χ0n) is 10.2. The van der Waals surface area contributed by atoms with Crippen LogP contribution in [0, 0.1) is 12.8 Å². The highest BCUT2D eigenvalue weighted by molar-refractivity contribution is 7.10. The van der Waals surface area contributed by atoms with Crippen LogP contribution in [0.4, 0.5) is 0 Å². The molecule has 1 aliphatic heterocycles. The molecule has 2 unspecified atom stereocenters. The number of hydrogen-bond donors (Lipinski definition) is 1. The van der Waals surface area contributed by atoms with Gasteiger partial charge in [0.2, 0.25) is 0 Å². The lowest BCUT2D eigenvalue weighted by Crippen LogP contribution is -2.33. The Morgan fingerprint density at radius 3 is 3.06 bits per heavy atom. The van der Waals surface area contributed by atoms with Gasteiger partial charge in [-0.05, 0) is 43.3 Å². The summed E-state index contributed by atoms with van der Waals surface area (Å²) >= 11 is 1.87. The predicted octanol–water partition coefficient (Wildman–Crippen LogP) is 3.13. The van der Waals surface area contributed by atoms with Gasteiger partial charge in [0.25, 0.3) is 0 Å². The van der Waals surface area contributed by atoms with E-state index in [2.05, 4.69) is 30.6 Å². The first-order valence-electron chi connectivity index (χ1n) is 6.18. The van der Waals surface area contributed by atoms with E-state index in [1.165, 1.54) is 23.3 Å². The maximum Gasteiger partial charge on any atom is 0.0512 e. The van der Waals surface area contributed by atoms with E-state index < -0.39 is 0 Å². The molecule has 3 heteroatoms. The van der Waals surface area contributed by atoms with E-state index in [4.69, 9.17) is 4.74 Å². The number of ether oxygens (including phenoxy) is 1. The molecule has 2 nitrogen and oxygen atoms in total. The van der Waals surface area contributed by atoms with Crippen LogP contribution in [-0.4, -0.2) is 19.8 Å². The smallest absolute Gasteiger partial charge is 0.0512 e. The fourth-order valence-electron chi connectivity index (χ4n) is 2.42. The van der Waals surface area contributed by atoms with Crippen LogP contribution in [0.3, 0.4) is 0 Å². The molecule has 2 atom stereocenters. The van der Waals surface area contributed by atoms with E-state index in [9.17, 15) is 0 Å². The van der Waals surface area contributed by atoms with Crippen LogP contribution in [0.1, 0.15) is 36.2 Å². The number of aryl methyl sites for hydroxylation is 1. The second-order valence-electron chi connectivity index (χ2n) is 4.48. The molecule has 0 spiro atoms. The average Bonchev–Trinajstić information content (AvgIpc) is 2.73. The minimum atomic E-state index is 0.491. The van der Waals surface area contributed by atoms with Gasteiger partial charge in [-0.15, -0.1) is 11.3 Å². The standard InChI is InChI=1S/C13H21NOS/c1-3-14-12(11-5-4-7-15-9-11)13-10(2)6-8-16-13/h6,8,11-12,14H,3-5,7,9H2,1-2H3. The van der Waals surface area contributed by atoms with Crippen molar-refractivity contribution < 1.29 is 4.74 Å². The van der Waals surface area contributed by atoms with Crippen LogP contribution in [0.15, 0.2) is 11.4 Å². The van der Waals surface area contributed by atoms with Crippen molar-refractivity contribution in [1.82, 2.24) is 5.32 Å². The normalized spacial score (nSPS) is 23.2. The molecule has 1 aromatic rings. The van der Waals surface area contributed by atoms with Gasteiger partial charge in [0.15, 0.2) is 0 Å². The van der Waals surface area contributed by atoms with Crippen molar-refractivity contribution in [3.8, 4) is 0 Å². The predicted molar refractivity (Wildman–Crippen MR) is 69.0 cm³/mol. The van der Waals surface area contributed by atoms with E-state index in [1.807, 2.05) is 11.3 Å². The Labute approximate surface area is 102 Å². The monoisotopic (exact) mass is 239 g/mol. The van der Waals surface area contributed by atoms with E-state index in [-0.39, 0.29) is 0 Å². The van der Waals surface area contributed by atoms with Gasteiger partial charge >= 0.3 is 0 Å². The summed E-state index contributed by atoms with van der Waals surface area (Å²) in [4.78, 5) is 1.50. The van der Waals surface area contributed by atoms with Crippen molar-refractivity contribution in [2.75, 3.05) is 19.8 Å². The van der Waals surface area contributed by atoms with Gasteiger partial charge < -0.3 is 10.1 Å². The van der Waals surface area contributed by atoms with Crippen molar-refractivity contribution >= 4 is 11.3 Å². The molecule has 1 saturated heterocycles. The van der Waals surface area contributed by atoms with E-state index in [1.54, 1.807) is 0 Å². The minimum Gasteiger partial charge on any atom is -0.381 e. The average molecular weight is 239 g/mol. The van der Waals surface area contributed by atoms with Crippen LogP contribution in [0.2, 0.25) is 0 Å². The highest BCUT2D eigenvalue weighted by Crippen LogP contribution is 2.33. The maximum absolute atomic E-state index is 5.61. The fourth-order valence-corrected chi connectivity index (χ4v) is 3.52. The summed E-state index contributed by atoms with van der Waals surface area (Å²) in [6, 6.07) is 2.71. The fraction of sp³-hybridized carbons (Fsp3) is 0.692. The number of nitrogens with one attached hydrogen (secondary N) is 1. The first-order valence-corrected chi connectivity index (χ1v) is 7.06. The lowest BCUT2D eigenvalue weighted by molar-refractivity contribution is 0.0397. The second-order valence-corrected chi connectivity index (χ2v) is 5.43.